The third-order valence-corrected chi connectivity index (χ3v) is 4.72. The van der Waals surface area contributed by atoms with Gasteiger partial charge in [0.25, 0.3) is 0 Å². The van der Waals surface area contributed by atoms with Gasteiger partial charge in [-0.15, -0.1) is 0 Å². The first-order valence-corrected chi connectivity index (χ1v) is 7.76. The first-order valence-electron chi connectivity index (χ1n) is 6.28. The van der Waals surface area contributed by atoms with Crippen LogP contribution in [0.2, 0.25) is 0 Å². The number of rotatable bonds is 3. The lowest BCUT2D eigenvalue weighted by molar-refractivity contribution is 0.171. The van der Waals surface area contributed by atoms with Gasteiger partial charge in [0.1, 0.15) is 13.2 Å². The molecule has 19 heavy (non-hydrogen) atoms. The van der Waals surface area contributed by atoms with Gasteiger partial charge in [0.05, 0.1) is 4.90 Å². The van der Waals surface area contributed by atoms with Gasteiger partial charge >= 0.3 is 0 Å². The zero-order chi connectivity index (χ0) is 13.3. The largest absolute Gasteiger partial charge is 0.486 e. The molecule has 1 unspecified atom stereocenters. The molecule has 3 rings (SSSR count). The maximum absolute atomic E-state index is 12.2. The molecule has 1 atom stereocenters. The zero-order valence-corrected chi connectivity index (χ0v) is 11.2. The fraction of sp³-hybridized carbons (Fsp3) is 0.500. The summed E-state index contributed by atoms with van der Waals surface area (Å²) in [7, 11) is -3.50. The molecule has 2 aliphatic heterocycles. The third kappa shape index (κ3) is 2.68. The summed E-state index contributed by atoms with van der Waals surface area (Å²) >= 11 is 0. The van der Waals surface area contributed by atoms with Crippen molar-refractivity contribution in [1.29, 1.82) is 0 Å². The first kappa shape index (κ1) is 12.7. The molecule has 6 nitrogen and oxygen atoms in total. The molecule has 0 spiro atoms. The maximum atomic E-state index is 12.2. The van der Waals surface area contributed by atoms with E-state index in [0.29, 0.717) is 31.3 Å². The van der Waals surface area contributed by atoms with Gasteiger partial charge in [-0.1, -0.05) is 0 Å². The molecule has 0 aliphatic carbocycles. The summed E-state index contributed by atoms with van der Waals surface area (Å²) in [5.41, 5.74) is 0. The molecule has 7 heteroatoms. The number of sulfonamides is 1. The van der Waals surface area contributed by atoms with E-state index in [1.807, 2.05) is 0 Å². The lowest BCUT2D eigenvalue weighted by atomic mass is 10.3. The van der Waals surface area contributed by atoms with Crippen LogP contribution in [0.15, 0.2) is 23.1 Å². The van der Waals surface area contributed by atoms with Crippen LogP contribution >= 0.6 is 0 Å². The smallest absolute Gasteiger partial charge is 0.241 e. The second kappa shape index (κ2) is 4.99. The minimum absolute atomic E-state index is 0.0433. The SMILES string of the molecule is O=S(=O)(NC1CCNC1)c1ccc2c(c1)OCCO2. The zero-order valence-electron chi connectivity index (χ0n) is 10.4. The van der Waals surface area contributed by atoms with Crippen molar-refractivity contribution < 1.29 is 17.9 Å². The normalized spacial score (nSPS) is 22.4. The Hall–Kier alpha value is -1.31. The Balaban J connectivity index is 1.84. The van der Waals surface area contributed by atoms with Crippen molar-refractivity contribution in [2.45, 2.75) is 17.4 Å². The van der Waals surface area contributed by atoms with Crippen molar-refractivity contribution in [2.24, 2.45) is 0 Å². The monoisotopic (exact) mass is 284 g/mol. The summed E-state index contributed by atoms with van der Waals surface area (Å²) in [6.07, 6.45) is 0.809. The molecule has 0 aromatic heterocycles. The van der Waals surface area contributed by atoms with Gasteiger partial charge in [0, 0.05) is 18.7 Å². The van der Waals surface area contributed by atoms with Crippen molar-refractivity contribution in [3.05, 3.63) is 18.2 Å². The minimum Gasteiger partial charge on any atom is -0.486 e. The van der Waals surface area contributed by atoms with Gasteiger partial charge < -0.3 is 14.8 Å². The van der Waals surface area contributed by atoms with E-state index >= 15 is 0 Å². The number of fused-ring (bicyclic) bond motifs is 1. The molecule has 1 fully saturated rings. The maximum Gasteiger partial charge on any atom is 0.241 e. The summed E-state index contributed by atoms with van der Waals surface area (Å²) in [6, 6.07) is 4.64. The highest BCUT2D eigenvalue weighted by Gasteiger charge is 2.24. The van der Waals surface area contributed by atoms with Gasteiger partial charge in [-0.05, 0) is 25.1 Å². The number of nitrogens with one attached hydrogen (secondary N) is 2. The number of hydrogen-bond acceptors (Lipinski definition) is 5. The van der Waals surface area contributed by atoms with Gasteiger partial charge in [0.15, 0.2) is 11.5 Å². The average Bonchev–Trinajstić information content (AvgIpc) is 2.90. The standard InChI is InChI=1S/C12H16N2O4S/c15-19(16,14-9-3-4-13-8-9)10-1-2-11-12(7-10)18-6-5-17-11/h1-2,7,9,13-14H,3-6,8H2. The van der Waals surface area contributed by atoms with Crippen LogP contribution in [0.5, 0.6) is 11.5 Å². The molecule has 2 heterocycles. The third-order valence-electron chi connectivity index (χ3n) is 3.21. The molecule has 1 saturated heterocycles. The summed E-state index contributed by atoms with van der Waals surface area (Å²) in [6.45, 7) is 2.44. The molecule has 0 amide bonds. The Morgan fingerprint density at radius 1 is 1.21 bits per heavy atom. The van der Waals surface area contributed by atoms with Gasteiger partial charge in [-0.3, -0.25) is 0 Å². The van der Waals surface area contributed by atoms with Crippen molar-refractivity contribution in [1.82, 2.24) is 10.0 Å². The summed E-state index contributed by atoms with van der Waals surface area (Å²) in [4.78, 5) is 0.212. The number of benzene rings is 1. The second-order valence-electron chi connectivity index (χ2n) is 4.62. The topological polar surface area (TPSA) is 76.7 Å². The van der Waals surface area contributed by atoms with E-state index in [2.05, 4.69) is 10.0 Å². The van der Waals surface area contributed by atoms with Crippen LogP contribution in [0, 0.1) is 0 Å². The van der Waals surface area contributed by atoms with Crippen LogP contribution in [0.25, 0.3) is 0 Å². The number of ether oxygens (including phenoxy) is 2. The summed E-state index contributed by atoms with van der Waals surface area (Å²) in [5.74, 6) is 1.08. The van der Waals surface area contributed by atoms with E-state index in [9.17, 15) is 8.42 Å². The van der Waals surface area contributed by atoms with Gasteiger partial charge in [-0.2, -0.15) is 0 Å². The fourth-order valence-corrected chi connectivity index (χ4v) is 3.52. The number of hydrogen-bond donors (Lipinski definition) is 2. The van der Waals surface area contributed by atoms with Gasteiger partial charge in [-0.25, -0.2) is 13.1 Å². The lowest BCUT2D eigenvalue weighted by Crippen LogP contribution is -2.36. The molecule has 2 N–H and O–H groups in total. The van der Waals surface area contributed by atoms with Crippen LogP contribution in [0.3, 0.4) is 0 Å². The molecule has 0 bridgehead atoms. The van der Waals surface area contributed by atoms with Crippen molar-refractivity contribution >= 4 is 10.0 Å². The van der Waals surface area contributed by atoms with E-state index in [1.165, 1.54) is 12.1 Å². The first-order chi connectivity index (χ1) is 9.15. The highest BCUT2D eigenvalue weighted by atomic mass is 32.2. The highest BCUT2D eigenvalue weighted by Crippen LogP contribution is 2.32. The van der Waals surface area contributed by atoms with Crippen molar-refractivity contribution in [3.8, 4) is 11.5 Å². The Morgan fingerprint density at radius 2 is 2.00 bits per heavy atom. The molecule has 1 aromatic carbocycles. The van der Waals surface area contributed by atoms with E-state index in [4.69, 9.17) is 9.47 Å². The lowest BCUT2D eigenvalue weighted by Gasteiger charge is -2.19. The van der Waals surface area contributed by atoms with Crippen molar-refractivity contribution in [2.75, 3.05) is 26.3 Å². The van der Waals surface area contributed by atoms with E-state index in [-0.39, 0.29) is 10.9 Å². The molecular formula is C12H16N2O4S. The van der Waals surface area contributed by atoms with Crippen LogP contribution in [0.4, 0.5) is 0 Å². The summed E-state index contributed by atoms with van der Waals surface area (Å²) < 4.78 is 37.9. The molecule has 0 saturated carbocycles. The van der Waals surface area contributed by atoms with E-state index < -0.39 is 10.0 Å². The van der Waals surface area contributed by atoms with Crippen molar-refractivity contribution in [3.63, 3.8) is 0 Å². The highest BCUT2D eigenvalue weighted by molar-refractivity contribution is 7.89. The summed E-state index contributed by atoms with van der Waals surface area (Å²) in [5, 5.41) is 3.12. The fourth-order valence-electron chi connectivity index (χ4n) is 2.23. The van der Waals surface area contributed by atoms with E-state index in [0.717, 1.165) is 13.0 Å². The molecule has 0 radical (unpaired) electrons. The van der Waals surface area contributed by atoms with Crippen LogP contribution in [-0.4, -0.2) is 40.8 Å². The predicted octanol–water partition coefficient (Wildman–Crippen LogP) is 0.0980. The minimum atomic E-state index is -3.50. The Morgan fingerprint density at radius 3 is 2.74 bits per heavy atom. The molecule has 2 aliphatic rings. The quantitative estimate of drug-likeness (QED) is 0.823. The Labute approximate surface area is 112 Å². The Bertz CT molecular complexity index is 567. The second-order valence-corrected chi connectivity index (χ2v) is 6.33. The molecule has 104 valence electrons. The molecule has 1 aromatic rings. The molecular weight excluding hydrogens is 268 g/mol. The average molecular weight is 284 g/mol. The van der Waals surface area contributed by atoms with Gasteiger partial charge in [0.2, 0.25) is 10.0 Å². The van der Waals surface area contributed by atoms with Crippen LogP contribution < -0.4 is 19.5 Å². The van der Waals surface area contributed by atoms with E-state index in [1.54, 1.807) is 6.07 Å². The predicted molar refractivity (Wildman–Crippen MR) is 69.0 cm³/mol. The Kier molecular flexibility index (Phi) is 3.34. The van der Waals surface area contributed by atoms with Crippen LogP contribution in [-0.2, 0) is 10.0 Å². The van der Waals surface area contributed by atoms with Crippen LogP contribution in [0.1, 0.15) is 6.42 Å².